The minimum atomic E-state index is -0.264. The summed E-state index contributed by atoms with van der Waals surface area (Å²) < 4.78 is 12.7. The van der Waals surface area contributed by atoms with Gasteiger partial charge in [-0.3, -0.25) is 9.59 Å². The number of hydrogen-bond donors (Lipinski definition) is 1. The van der Waals surface area contributed by atoms with E-state index < -0.39 is 0 Å². The van der Waals surface area contributed by atoms with Crippen molar-refractivity contribution in [1.29, 1.82) is 0 Å². The zero-order valence-electron chi connectivity index (χ0n) is 10.4. The molecule has 0 bridgehead atoms. The monoisotopic (exact) mass is 282 g/mol. The molecule has 1 aromatic carbocycles. The smallest absolute Gasteiger partial charge is 0.239 e. The highest BCUT2D eigenvalue weighted by molar-refractivity contribution is 7.99. The summed E-state index contributed by atoms with van der Waals surface area (Å²) in [7, 11) is 0. The van der Waals surface area contributed by atoms with Gasteiger partial charge in [0.15, 0.2) is 0 Å². The van der Waals surface area contributed by atoms with Crippen molar-refractivity contribution in [3.05, 3.63) is 30.1 Å². The molecule has 0 spiro atoms. The Labute approximate surface area is 115 Å². The third kappa shape index (κ3) is 4.24. The fourth-order valence-corrected chi connectivity index (χ4v) is 2.64. The lowest BCUT2D eigenvalue weighted by atomic mass is 10.3. The molecule has 0 unspecified atom stereocenters. The predicted molar refractivity (Wildman–Crippen MR) is 71.3 cm³/mol. The van der Waals surface area contributed by atoms with E-state index >= 15 is 0 Å². The number of amides is 2. The summed E-state index contributed by atoms with van der Waals surface area (Å²) in [5.74, 6) is 0.248. The van der Waals surface area contributed by atoms with Crippen LogP contribution in [0.15, 0.2) is 29.2 Å². The molecule has 1 heterocycles. The molecule has 19 heavy (non-hydrogen) atoms. The maximum atomic E-state index is 12.7. The van der Waals surface area contributed by atoms with Gasteiger partial charge in [-0.05, 0) is 24.3 Å². The standard InChI is InChI=1S/C13H15FN2O2S/c14-10-1-3-11(4-2-10)19-8-5-13(18)16-7-6-15-12(17)9-16/h1-4H,5-9H2,(H,15,17). The second kappa shape index (κ2) is 6.56. The molecule has 1 aliphatic heterocycles. The average Bonchev–Trinajstić information content (AvgIpc) is 2.41. The highest BCUT2D eigenvalue weighted by Gasteiger charge is 2.20. The Balaban J connectivity index is 1.74. The number of carbonyl (C=O) groups is 2. The van der Waals surface area contributed by atoms with E-state index in [-0.39, 0.29) is 24.2 Å². The Bertz CT molecular complexity index is 464. The van der Waals surface area contributed by atoms with Gasteiger partial charge in [-0.1, -0.05) is 0 Å². The molecular weight excluding hydrogens is 267 g/mol. The van der Waals surface area contributed by atoms with E-state index in [0.29, 0.717) is 25.3 Å². The normalized spacial score (nSPS) is 15.2. The van der Waals surface area contributed by atoms with Crippen LogP contribution in [-0.2, 0) is 9.59 Å². The number of nitrogens with zero attached hydrogens (tertiary/aromatic N) is 1. The van der Waals surface area contributed by atoms with Crippen molar-refractivity contribution in [2.24, 2.45) is 0 Å². The van der Waals surface area contributed by atoms with Crippen LogP contribution in [0.1, 0.15) is 6.42 Å². The molecular formula is C13H15FN2O2S. The number of halogens is 1. The summed E-state index contributed by atoms with van der Waals surface area (Å²) in [4.78, 5) is 25.5. The fraction of sp³-hybridized carbons (Fsp3) is 0.385. The van der Waals surface area contributed by atoms with Gasteiger partial charge in [0.2, 0.25) is 11.8 Å². The molecule has 0 saturated carbocycles. The van der Waals surface area contributed by atoms with Crippen LogP contribution in [0.2, 0.25) is 0 Å². The summed E-state index contributed by atoms with van der Waals surface area (Å²) in [6.07, 6.45) is 0.384. The minimum Gasteiger partial charge on any atom is -0.353 e. The molecule has 0 aromatic heterocycles. The molecule has 1 saturated heterocycles. The summed E-state index contributed by atoms with van der Waals surface area (Å²) in [5, 5.41) is 2.68. The zero-order valence-corrected chi connectivity index (χ0v) is 11.2. The second-order valence-electron chi connectivity index (χ2n) is 4.22. The van der Waals surface area contributed by atoms with Gasteiger partial charge < -0.3 is 10.2 Å². The maximum Gasteiger partial charge on any atom is 0.239 e. The SMILES string of the molecule is O=C1CN(C(=O)CCSc2ccc(F)cc2)CCN1. The van der Waals surface area contributed by atoms with Crippen molar-refractivity contribution in [2.45, 2.75) is 11.3 Å². The van der Waals surface area contributed by atoms with Crippen LogP contribution in [0, 0.1) is 5.82 Å². The van der Waals surface area contributed by atoms with Crippen molar-refractivity contribution >= 4 is 23.6 Å². The Kier molecular flexibility index (Phi) is 4.79. The molecule has 0 atom stereocenters. The van der Waals surface area contributed by atoms with Crippen molar-refractivity contribution in [2.75, 3.05) is 25.4 Å². The molecule has 2 amide bonds. The molecule has 0 radical (unpaired) electrons. The van der Waals surface area contributed by atoms with Crippen LogP contribution < -0.4 is 5.32 Å². The summed E-state index contributed by atoms with van der Waals surface area (Å²) in [6.45, 7) is 1.25. The van der Waals surface area contributed by atoms with E-state index in [9.17, 15) is 14.0 Å². The quantitative estimate of drug-likeness (QED) is 0.846. The summed E-state index contributed by atoms with van der Waals surface area (Å²) in [5.41, 5.74) is 0. The van der Waals surface area contributed by atoms with Gasteiger partial charge in [-0.25, -0.2) is 4.39 Å². The van der Waals surface area contributed by atoms with E-state index in [2.05, 4.69) is 5.32 Å². The topological polar surface area (TPSA) is 49.4 Å². The van der Waals surface area contributed by atoms with E-state index in [1.807, 2.05) is 0 Å². The lowest BCUT2D eigenvalue weighted by molar-refractivity contribution is -0.137. The Morgan fingerprint density at radius 1 is 1.37 bits per heavy atom. The highest BCUT2D eigenvalue weighted by atomic mass is 32.2. The lowest BCUT2D eigenvalue weighted by Crippen LogP contribution is -2.50. The Morgan fingerprint density at radius 3 is 2.79 bits per heavy atom. The minimum absolute atomic E-state index is 0.00976. The number of thioether (sulfide) groups is 1. The van der Waals surface area contributed by atoms with E-state index in [1.165, 1.54) is 23.9 Å². The van der Waals surface area contributed by atoms with E-state index in [4.69, 9.17) is 0 Å². The van der Waals surface area contributed by atoms with Crippen molar-refractivity contribution in [3.63, 3.8) is 0 Å². The van der Waals surface area contributed by atoms with Crippen LogP contribution in [0.5, 0.6) is 0 Å². The van der Waals surface area contributed by atoms with Gasteiger partial charge in [0.25, 0.3) is 0 Å². The van der Waals surface area contributed by atoms with Gasteiger partial charge in [-0.2, -0.15) is 0 Å². The molecule has 6 heteroatoms. The van der Waals surface area contributed by atoms with Gasteiger partial charge in [0.1, 0.15) is 5.82 Å². The molecule has 1 N–H and O–H groups in total. The average molecular weight is 282 g/mol. The molecule has 0 aliphatic carbocycles. The lowest BCUT2D eigenvalue weighted by Gasteiger charge is -2.26. The molecule has 1 aromatic rings. The molecule has 1 fully saturated rings. The second-order valence-corrected chi connectivity index (χ2v) is 5.39. The largest absolute Gasteiger partial charge is 0.353 e. The van der Waals surface area contributed by atoms with Crippen molar-refractivity contribution in [1.82, 2.24) is 10.2 Å². The number of benzene rings is 1. The first kappa shape index (κ1) is 13.9. The van der Waals surface area contributed by atoms with E-state index in [0.717, 1.165) is 4.90 Å². The van der Waals surface area contributed by atoms with Crippen LogP contribution in [-0.4, -0.2) is 42.1 Å². The Morgan fingerprint density at radius 2 is 2.11 bits per heavy atom. The number of nitrogens with one attached hydrogen (secondary N) is 1. The number of carbonyl (C=O) groups excluding carboxylic acids is 2. The first-order chi connectivity index (χ1) is 9.15. The first-order valence-corrected chi connectivity index (χ1v) is 7.06. The summed E-state index contributed by atoms with van der Waals surface area (Å²) in [6, 6.07) is 6.19. The van der Waals surface area contributed by atoms with Crippen LogP contribution in [0.25, 0.3) is 0 Å². The van der Waals surface area contributed by atoms with Gasteiger partial charge in [-0.15, -0.1) is 11.8 Å². The molecule has 2 rings (SSSR count). The van der Waals surface area contributed by atoms with Gasteiger partial charge >= 0.3 is 0 Å². The zero-order chi connectivity index (χ0) is 13.7. The van der Waals surface area contributed by atoms with Crippen LogP contribution in [0.3, 0.4) is 0 Å². The maximum absolute atomic E-state index is 12.7. The third-order valence-corrected chi connectivity index (χ3v) is 3.80. The summed E-state index contributed by atoms with van der Waals surface area (Å²) >= 11 is 1.51. The molecule has 102 valence electrons. The fourth-order valence-electron chi connectivity index (χ4n) is 1.80. The predicted octanol–water partition coefficient (Wildman–Crippen LogP) is 1.27. The van der Waals surface area contributed by atoms with Crippen molar-refractivity contribution in [3.8, 4) is 0 Å². The first-order valence-electron chi connectivity index (χ1n) is 6.08. The number of hydrogen-bond acceptors (Lipinski definition) is 3. The molecule has 1 aliphatic rings. The number of piperazine rings is 1. The van der Waals surface area contributed by atoms with Gasteiger partial charge in [0.05, 0.1) is 6.54 Å². The third-order valence-electron chi connectivity index (χ3n) is 2.79. The Hall–Kier alpha value is -1.56. The van der Waals surface area contributed by atoms with E-state index in [1.54, 1.807) is 17.0 Å². The van der Waals surface area contributed by atoms with Gasteiger partial charge in [0, 0.05) is 30.2 Å². The van der Waals surface area contributed by atoms with Crippen molar-refractivity contribution < 1.29 is 14.0 Å². The molecule has 4 nitrogen and oxygen atoms in total. The van der Waals surface area contributed by atoms with Crippen LogP contribution >= 0.6 is 11.8 Å². The van der Waals surface area contributed by atoms with Crippen LogP contribution in [0.4, 0.5) is 4.39 Å². The highest BCUT2D eigenvalue weighted by Crippen LogP contribution is 2.19. The number of rotatable bonds is 4.